The van der Waals surface area contributed by atoms with Crippen molar-refractivity contribution in [3.05, 3.63) is 48.5 Å². The number of hydrogen-bond acceptors (Lipinski definition) is 5. The number of carbonyl (C=O) groups excluding carboxylic acids is 1. The third-order valence-corrected chi connectivity index (χ3v) is 4.88. The monoisotopic (exact) mass is 378 g/mol. The van der Waals surface area contributed by atoms with Crippen LogP contribution in [0.2, 0.25) is 0 Å². The van der Waals surface area contributed by atoms with Crippen molar-refractivity contribution in [1.29, 1.82) is 0 Å². The highest BCUT2D eigenvalue weighted by atomic mass is 32.2. The number of benzene rings is 2. The van der Waals surface area contributed by atoms with E-state index in [4.69, 9.17) is 9.47 Å². The first-order valence-electron chi connectivity index (χ1n) is 8.11. The maximum absolute atomic E-state index is 12.0. The average Bonchev–Trinajstić information content (AvgIpc) is 2.65. The number of carbonyl (C=O) groups is 1. The van der Waals surface area contributed by atoms with Crippen LogP contribution >= 0.6 is 0 Å². The van der Waals surface area contributed by atoms with E-state index in [2.05, 4.69) is 10.0 Å². The minimum atomic E-state index is -3.51. The molecule has 0 aromatic heterocycles. The number of nitrogens with one attached hydrogen (secondary N) is 2. The highest BCUT2D eigenvalue weighted by Crippen LogP contribution is 2.18. The maximum Gasteiger partial charge on any atom is 0.262 e. The first-order chi connectivity index (χ1) is 12.4. The zero-order valence-corrected chi connectivity index (χ0v) is 15.5. The van der Waals surface area contributed by atoms with Crippen molar-refractivity contribution in [3.8, 4) is 11.5 Å². The fraction of sp³-hybridized carbons (Fsp3) is 0.278. The molecule has 2 N–H and O–H groups in total. The molecule has 1 amide bonds. The van der Waals surface area contributed by atoms with Gasteiger partial charge in [0.25, 0.3) is 5.91 Å². The normalized spacial score (nSPS) is 11.0. The third kappa shape index (κ3) is 5.75. The van der Waals surface area contributed by atoms with Gasteiger partial charge in [-0.25, -0.2) is 13.1 Å². The standard InChI is InChI=1S/C18H22N2O5S/c1-3-11-19-26(22,23)17-9-7-15(8-10-17)25-13-18(21)20-14-5-4-6-16(12-14)24-2/h4-10,12,19H,3,11,13H2,1-2H3,(H,20,21). The molecule has 0 spiro atoms. The molecule has 2 rings (SSSR count). The van der Waals surface area contributed by atoms with Crippen molar-refractivity contribution in [3.63, 3.8) is 0 Å². The predicted molar refractivity (Wildman–Crippen MR) is 99.0 cm³/mol. The second-order valence-electron chi connectivity index (χ2n) is 5.44. The van der Waals surface area contributed by atoms with Crippen LogP contribution in [0.1, 0.15) is 13.3 Å². The van der Waals surface area contributed by atoms with Gasteiger partial charge in [0, 0.05) is 18.3 Å². The number of rotatable bonds is 9. The van der Waals surface area contributed by atoms with E-state index in [1.807, 2.05) is 6.92 Å². The number of methoxy groups -OCH3 is 1. The summed E-state index contributed by atoms with van der Waals surface area (Å²) in [7, 11) is -1.97. The number of anilines is 1. The number of amides is 1. The van der Waals surface area contributed by atoms with E-state index in [0.717, 1.165) is 0 Å². The summed E-state index contributed by atoms with van der Waals surface area (Å²) in [6, 6.07) is 12.9. The van der Waals surface area contributed by atoms with Crippen LogP contribution in [0.4, 0.5) is 5.69 Å². The van der Waals surface area contributed by atoms with Crippen molar-refractivity contribution in [1.82, 2.24) is 4.72 Å². The van der Waals surface area contributed by atoms with Crippen LogP contribution in [0.25, 0.3) is 0 Å². The number of sulfonamides is 1. The van der Waals surface area contributed by atoms with Gasteiger partial charge < -0.3 is 14.8 Å². The van der Waals surface area contributed by atoms with Gasteiger partial charge in [0.1, 0.15) is 11.5 Å². The van der Waals surface area contributed by atoms with Crippen LogP contribution in [0.5, 0.6) is 11.5 Å². The van der Waals surface area contributed by atoms with Gasteiger partial charge in [-0.05, 0) is 42.8 Å². The molecule has 26 heavy (non-hydrogen) atoms. The largest absolute Gasteiger partial charge is 0.497 e. The van der Waals surface area contributed by atoms with Gasteiger partial charge in [-0.3, -0.25) is 4.79 Å². The topological polar surface area (TPSA) is 93.7 Å². The Bertz CT molecular complexity index is 835. The number of hydrogen-bond donors (Lipinski definition) is 2. The fourth-order valence-corrected chi connectivity index (χ4v) is 3.22. The summed E-state index contributed by atoms with van der Waals surface area (Å²) in [5.41, 5.74) is 0.599. The number of ether oxygens (including phenoxy) is 2. The molecule has 0 aliphatic carbocycles. The molecule has 0 saturated heterocycles. The molecule has 0 aliphatic heterocycles. The summed E-state index contributed by atoms with van der Waals surface area (Å²) in [6.45, 7) is 2.07. The summed E-state index contributed by atoms with van der Waals surface area (Å²) in [5.74, 6) is 0.706. The summed E-state index contributed by atoms with van der Waals surface area (Å²) in [5, 5.41) is 2.70. The Hall–Kier alpha value is -2.58. The maximum atomic E-state index is 12.0. The van der Waals surface area contributed by atoms with E-state index in [1.54, 1.807) is 31.4 Å². The Kier molecular flexibility index (Phi) is 6.99. The molecule has 0 aliphatic rings. The zero-order valence-electron chi connectivity index (χ0n) is 14.7. The molecule has 2 aromatic rings. The Morgan fingerprint density at radius 3 is 2.46 bits per heavy atom. The van der Waals surface area contributed by atoms with E-state index >= 15 is 0 Å². The quantitative estimate of drug-likeness (QED) is 0.699. The lowest BCUT2D eigenvalue weighted by Crippen LogP contribution is -2.24. The van der Waals surface area contributed by atoms with Gasteiger partial charge in [-0.15, -0.1) is 0 Å². The Morgan fingerprint density at radius 2 is 1.81 bits per heavy atom. The molecule has 2 aromatic carbocycles. The van der Waals surface area contributed by atoms with Gasteiger partial charge in [0.15, 0.2) is 6.61 Å². The minimum absolute atomic E-state index is 0.152. The van der Waals surface area contributed by atoms with E-state index in [0.29, 0.717) is 30.2 Å². The van der Waals surface area contributed by atoms with E-state index in [9.17, 15) is 13.2 Å². The lowest BCUT2D eigenvalue weighted by Gasteiger charge is -2.09. The van der Waals surface area contributed by atoms with Gasteiger partial charge in [0.2, 0.25) is 10.0 Å². The summed E-state index contributed by atoms with van der Waals surface area (Å²) < 4.78 is 37.0. The van der Waals surface area contributed by atoms with Crippen LogP contribution in [0.3, 0.4) is 0 Å². The Morgan fingerprint density at radius 1 is 1.08 bits per heavy atom. The van der Waals surface area contributed by atoms with Crippen LogP contribution in [-0.2, 0) is 14.8 Å². The third-order valence-electron chi connectivity index (χ3n) is 3.40. The molecule has 0 radical (unpaired) electrons. The molecular weight excluding hydrogens is 356 g/mol. The van der Waals surface area contributed by atoms with Crippen LogP contribution in [-0.4, -0.2) is 34.6 Å². The molecular formula is C18H22N2O5S. The van der Waals surface area contributed by atoms with Crippen molar-refractivity contribution in [2.45, 2.75) is 18.2 Å². The lowest BCUT2D eigenvalue weighted by atomic mass is 10.3. The molecule has 140 valence electrons. The molecule has 0 heterocycles. The molecule has 0 unspecified atom stereocenters. The molecule has 0 bridgehead atoms. The Balaban J connectivity index is 1.90. The van der Waals surface area contributed by atoms with Crippen molar-refractivity contribution >= 4 is 21.6 Å². The van der Waals surface area contributed by atoms with Crippen molar-refractivity contribution in [2.24, 2.45) is 0 Å². The SMILES string of the molecule is CCCNS(=O)(=O)c1ccc(OCC(=O)Nc2cccc(OC)c2)cc1. The van der Waals surface area contributed by atoms with Crippen LogP contribution in [0.15, 0.2) is 53.4 Å². The van der Waals surface area contributed by atoms with E-state index < -0.39 is 10.0 Å². The molecule has 0 fully saturated rings. The highest BCUT2D eigenvalue weighted by molar-refractivity contribution is 7.89. The second-order valence-corrected chi connectivity index (χ2v) is 7.20. The average molecular weight is 378 g/mol. The van der Waals surface area contributed by atoms with Gasteiger partial charge in [-0.1, -0.05) is 13.0 Å². The van der Waals surface area contributed by atoms with E-state index in [1.165, 1.54) is 24.3 Å². The molecule has 7 nitrogen and oxygen atoms in total. The van der Waals surface area contributed by atoms with Gasteiger partial charge in [0.05, 0.1) is 12.0 Å². The molecule has 0 saturated carbocycles. The molecule has 8 heteroatoms. The highest BCUT2D eigenvalue weighted by Gasteiger charge is 2.13. The first kappa shape index (κ1) is 19.7. The fourth-order valence-electron chi connectivity index (χ4n) is 2.08. The zero-order chi connectivity index (χ0) is 19.0. The summed E-state index contributed by atoms with van der Waals surface area (Å²) >= 11 is 0. The van der Waals surface area contributed by atoms with Crippen LogP contribution in [0, 0.1) is 0 Å². The van der Waals surface area contributed by atoms with Gasteiger partial charge >= 0.3 is 0 Å². The second kappa shape index (κ2) is 9.21. The summed E-state index contributed by atoms with van der Waals surface area (Å²) in [4.78, 5) is 12.1. The van der Waals surface area contributed by atoms with Crippen molar-refractivity contribution in [2.75, 3.05) is 25.6 Å². The lowest BCUT2D eigenvalue weighted by molar-refractivity contribution is -0.118. The smallest absolute Gasteiger partial charge is 0.262 e. The van der Waals surface area contributed by atoms with E-state index in [-0.39, 0.29) is 17.4 Å². The predicted octanol–water partition coefficient (Wildman–Crippen LogP) is 2.40. The van der Waals surface area contributed by atoms with Crippen molar-refractivity contribution < 1.29 is 22.7 Å². The Labute approximate surface area is 153 Å². The molecule has 0 atom stereocenters. The first-order valence-corrected chi connectivity index (χ1v) is 9.59. The van der Waals surface area contributed by atoms with Gasteiger partial charge in [-0.2, -0.15) is 0 Å². The van der Waals surface area contributed by atoms with Crippen LogP contribution < -0.4 is 19.5 Å². The minimum Gasteiger partial charge on any atom is -0.497 e. The summed E-state index contributed by atoms with van der Waals surface area (Å²) in [6.07, 6.45) is 0.711.